The third kappa shape index (κ3) is 2.02. The lowest BCUT2D eigenvalue weighted by molar-refractivity contribution is -0.134. The van der Waals surface area contributed by atoms with Crippen molar-refractivity contribution in [1.82, 2.24) is 0 Å². The van der Waals surface area contributed by atoms with Gasteiger partial charge in [0.2, 0.25) is 0 Å². The van der Waals surface area contributed by atoms with Crippen LogP contribution in [-0.4, -0.2) is 27.4 Å². The van der Waals surface area contributed by atoms with Crippen molar-refractivity contribution in [3.8, 4) is 0 Å². The van der Waals surface area contributed by atoms with Gasteiger partial charge in [-0.1, -0.05) is 6.92 Å². The lowest BCUT2D eigenvalue weighted by Gasteiger charge is -2.40. The lowest BCUT2D eigenvalue weighted by atomic mass is 9.67. The first-order valence-electron chi connectivity index (χ1n) is 5.34. The van der Waals surface area contributed by atoms with Crippen LogP contribution in [0.2, 0.25) is 0 Å². The molecule has 0 aromatic rings. The average molecular weight is 226 g/mol. The summed E-state index contributed by atoms with van der Waals surface area (Å²) in [5, 5.41) is 19.9. The molecule has 0 aromatic heterocycles. The van der Waals surface area contributed by atoms with E-state index in [4.69, 9.17) is 0 Å². The molecule has 3 atom stereocenters. The monoisotopic (exact) mass is 226 g/mol. The third-order valence-corrected chi connectivity index (χ3v) is 3.28. The summed E-state index contributed by atoms with van der Waals surface area (Å²) < 4.78 is 0. The van der Waals surface area contributed by atoms with Crippen LogP contribution in [0.25, 0.3) is 0 Å². The Morgan fingerprint density at radius 3 is 2.25 bits per heavy atom. The normalized spacial score (nSPS) is 35.1. The number of aliphatic hydroxyl groups is 2. The Kier molecular flexibility index (Phi) is 3.24. The van der Waals surface area contributed by atoms with E-state index in [2.05, 4.69) is 0 Å². The van der Waals surface area contributed by atoms with Crippen molar-refractivity contribution in [2.45, 2.75) is 39.7 Å². The van der Waals surface area contributed by atoms with E-state index in [0.29, 0.717) is 0 Å². The second kappa shape index (κ2) is 4.01. The summed E-state index contributed by atoms with van der Waals surface area (Å²) in [6.45, 7) is 5.96. The molecule has 1 aliphatic rings. The van der Waals surface area contributed by atoms with Crippen LogP contribution in [0.1, 0.15) is 34.1 Å². The quantitative estimate of drug-likeness (QED) is 0.746. The summed E-state index contributed by atoms with van der Waals surface area (Å²) >= 11 is 0. The molecule has 90 valence electrons. The Labute approximate surface area is 95.0 Å². The topological polar surface area (TPSA) is 74.6 Å². The van der Waals surface area contributed by atoms with Crippen molar-refractivity contribution in [3.05, 3.63) is 11.3 Å². The number of ketones is 2. The fraction of sp³-hybridized carbons (Fsp3) is 0.667. The zero-order valence-electron chi connectivity index (χ0n) is 10.1. The van der Waals surface area contributed by atoms with Gasteiger partial charge < -0.3 is 10.2 Å². The molecule has 0 saturated carbocycles. The molecule has 0 saturated heterocycles. The summed E-state index contributed by atoms with van der Waals surface area (Å²) in [6.07, 6.45) is -0.0451. The summed E-state index contributed by atoms with van der Waals surface area (Å²) in [7, 11) is 0. The molecule has 1 rings (SSSR count). The molecule has 1 aliphatic carbocycles. The maximum Gasteiger partial charge on any atom is 0.159 e. The maximum atomic E-state index is 11.5. The highest BCUT2D eigenvalue weighted by molar-refractivity contribution is 5.96. The van der Waals surface area contributed by atoms with Crippen LogP contribution in [-0.2, 0) is 9.59 Å². The van der Waals surface area contributed by atoms with Gasteiger partial charge in [0.1, 0.15) is 11.5 Å². The van der Waals surface area contributed by atoms with Gasteiger partial charge in [0.05, 0.1) is 11.5 Å². The number of allylic oxidation sites excluding steroid dienone is 1. The van der Waals surface area contributed by atoms with Crippen LogP contribution in [0.4, 0.5) is 0 Å². The van der Waals surface area contributed by atoms with E-state index in [1.165, 1.54) is 20.8 Å². The predicted octanol–water partition coefficient (Wildman–Crippen LogP) is 1.38. The Balaban J connectivity index is 3.27. The maximum absolute atomic E-state index is 11.5. The highest BCUT2D eigenvalue weighted by Crippen LogP contribution is 2.41. The van der Waals surface area contributed by atoms with Crippen molar-refractivity contribution in [3.63, 3.8) is 0 Å². The molecule has 4 heteroatoms. The number of hydrogen-bond acceptors (Lipinski definition) is 4. The zero-order chi connectivity index (χ0) is 12.7. The summed E-state index contributed by atoms with van der Waals surface area (Å²) in [5.41, 5.74) is -1.01. The minimum atomic E-state index is -1.28. The van der Waals surface area contributed by atoms with Gasteiger partial charge in [-0.2, -0.15) is 0 Å². The molecular formula is C12H18O4. The highest BCUT2D eigenvalue weighted by atomic mass is 16.3. The Bertz CT molecular complexity index is 365. The summed E-state index contributed by atoms with van der Waals surface area (Å²) in [4.78, 5) is 22.9. The van der Waals surface area contributed by atoms with Crippen LogP contribution in [0.5, 0.6) is 0 Å². The largest absolute Gasteiger partial charge is 0.512 e. The molecule has 16 heavy (non-hydrogen) atoms. The fourth-order valence-electron chi connectivity index (χ4n) is 2.83. The zero-order valence-corrected chi connectivity index (χ0v) is 10.1. The van der Waals surface area contributed by atoms with Crippen molar-refractivity contribution < 1.29 is 19.8 Å². The minimum Gasteiger partial charge on any atom is -0.512 e. The average Bonchev–Trinajstić information content (AvgIpc) is 1.97. The highest BCUT2D eigenvalue weighted by Gasteiger charge is 2.46. The van der Waals surface area contributed by atoms with Gasteiger partial charge in [0.15, 0.2) is 5.78 Å². The molecule has 0 unspecified atom stereocenters. The third-order valence-electron chi connectivity index (χ3n) is 3.28. The fourth-order valence-corrected chi connectivity index (χ4v) is 2.83. The predicted molar refractivity (Wildman–Crippen MR) is 58.9 cm³/mol. The van der Waals surface area contributed by atoms with Crippen molar-refractivity contribution in [1.29, 1.82) is 0 Å². The van der Waals surface area contributed by atoms with Crippen LogP contribution in [0.3, 0.4) is 0 Å². The molecule has 0 amide bonds. The Hall–Kier alpha value is -1.16. The Morgan fingerprint density at radius 1 is 1.38 bits per heavy atom. The SMILES string of the molecule is CC(=O)C1=C(O)C[C@@](C)(O)[C@H](C(C)=O)[C@H]1C. The number of carbonyl (C=O) groups is 2. The van der Waals surface area contributed by atoms with Crippen molar-refractivity contribution >= 4 is 11.6 Å². The molecule has 0 aliphatic heterocycles. The van der Waals surface area contributed by atoms with Crippen LogP contribution >= 0.6 is 0 Å². The number of Topliss-reactive ketones (excluding diaryl/α,β-unsaturated/α-hetero) is 2. The van der Waals surface area contributed by atoms with Crippen molar-refractivity contribution in [2.75, 3.05) is 0 Å². The van der Waals surface area contributed by atoms with Gasteiger partial charge >= 0.3 is 0 Å². The molecule has 0 aromatic carbocycles. The van der Waals surface area contributed by atoms with E-state index >= 15 is 0 Å². The van der Waals surface area contributed by atoms with E-state index < -0.39 is 17.4 Å². The molecule has 0 spiro atoms. The van der Waals surface area contributed by atoms with Gasteiger partial charge in [-0.25, -0.2) is 0 Å². The molecule has 0 radical (unpaired) electrons. The first-order valence-corrected chi connectivity index (χ1v) is 5.34. The van der Waals surface area contributed by atoms with E-state index in [9.17, 15) is 19.8 Å². The van der Waals surface area contributed by atoms with Gasteiger partial charge in [-0.3, -0.25) is 9.59 Å². The lowest BCUT2D eigenvalue weighted by Crippen LogP contribution is -2.47. The van der Waals surface area contributed by atoms with Crippen LogP contribution < -0.4 is 0 Å². The second-order valence-corrected chi connectivity index (χ2v) is 4.83. The second-order valence-electron chi connectivity index (χ2n) is 4.83. The molecular weight excluding hydrogens is 208 g/mol. The van der Waals surface area contributed by atoms with Gasteiger partial charge in [0.25, 0.3) is 0 Å². The van der Waals surface area contributed by atoms with E-state index in [1.54, 1.807) is 6.92 Å². The standard InChI is InChI=1S/C12H18O4/c1-6-10(7(2)13)9(15)5-12(4,16)11(6)8(3)14/h6,11,15-16H,5H2,1-4H3/t6-,11-,12+/m0/s1. The summed E-state index contributed by atoms with van der Waals surface area (Å²) in [5.74, 6) is -1.58. The molecule has 2 N–H and O–H groups in total. The molecule has 0 fully saturated rings. The van der Waals surface area contributed by atoms with Crippen molar-refractivity contribution in [2.24, 2.45) is 11.8 Å². The summed E-state index contributed by atoms with van der Waals surface area (Å²) in [6, 6.07) is 0. The van der Waals surface area contributed by atoms with E-state index in [0.717, 1.165) is 0 Å². The smallest absolute Gasteiger partial charge is 0.159 e. The molecule has 4 nitrogen and oxygen atoms in total. The first kappa shape index (κ1) is 12.9. The Morgan fingerprint density at radius 2 is 1.88 bits per heavy atom. The number of aliphatic hydroxyl groups excluding tert-OH is 1. The first-order chi connectivity index (χ1) is 7.18. The number of rotatable bonds is 2. The van der Waals surface area contributed by atoms with E-state index in [-0.39, 0.29) is 29.3 Å². The van der Waals surface area contributed by atoms with Crippen LogP contribution in [0, 0.1) is 11.8 Å². The minimum absolute atomic E-state index is 0.0451. The molecule has 0 bridgehead atoms. The molecule has 0 heterocycles. The van der Waals surface area contributed by atoms with E-state index in [1.807, 2.05) is 0 Å². The van der Waals surface area contributed by atoms with Gasteiger partial charge in [0, 0.05) is 17.9 Å². The van der Waals surface area contributed by atoms with Gasteiger partial charge in [-0.15, -0.1) is 0 Å². The van der Waals surface area contributed by atoms with Gasteiger partial charge in [-0.05, 0) is 20.8 Å². The van der Waals surface area contributed by atoms with Crippen LogP contribution in [0.15, 0.2) is 11.3 Å². The number of hydrogen-bond donors (Lipinski definition) is 2. The number of carbonyl (C=O) groups excluding carboxylic acids is 2.